The topological polar surface area (TPSA) is 66.0 Å². The Balaban J connectivity index is 1.65. The average Bonchev–Trinajstić information content (AvgIpc) is 2.61. The highest BCUT2D eigenvalue weighted by Crippen LogP contribution is 2.57. The van der Waals surface area contributed by atoms with Crippen molar-refractivity contribution in [3.8, 4) is 0 Å². The number of likely N-dealkylation sites (N-methyl/N-ethyl adjacent to an activating group) is 1. The first-order chi connectivity index (χ1) is 13.0. The van der Waals surface area contributed by atoms with E-state index in [2.05, 4.69) is 29.7 Å². The zero-order chi connectivity index (χ0) is 19.3. The molecule has 0 aliphatic heterocycles. The molecule has 6 heteroatoms. The molecule has 2 aliphatic rings. The lowest BCUT2D eigenvalue weighted by molar-refractivity contribution is -0.168. The van der Waals surface area contributed by atoms with Gasteiger partial charge < -0.3 is 20.3 Å². The third-order valence-electron chi connectivity index (χ3n) is 5.92. The van der Waals surface area contributed by atoms with Crippen LogP contribution in [0.3, 0.4) is 0 Å². The first-order valence-electron chi connectivity index (χ1n) is 9.95. The van der Waals surface area contributed by atoms with Gasteiger partial charge in [0.2, 0.25) is 5.91 Å². The predicted molar refractivity (Wildman–Crippen MR) is 108 cm³/mol. The summed E-state index contributed by atoms with van der Waals surface area (Å²) in [5.41, 5.74) is 1.40. The fourth-order valence-corrected chi connectivity index (χ4v) is 4.03. The van der Waals surface area contributed by atoms with Crippen LogP contribution in [0.1, 0.15) is 38.2 Å². The molecule has 0 bridgehead atoms. The van der Waals surface area contributed by atoms with Gasteiger partial charge in [-0.25, -0.2) is 4.99 Å². The maximum Gasteiger partial charge on any atom is 0.241 e. The maximum atomic E-state index is 12.0. The van der Waals surface area contributed by atoms with Gasteiger partial charge in [0, 0.05) is 32.2 Å². The van der Waals surface area contributed by atoms with Crippen LogP contribution in [0.4, 0.5) is 0 Å². The van der Waals surface area contributed by atoms with Gasteiger partial charge in [-0.05, 0) is 31.7 Å². The first kappa shape index (κ1) is 19.7. The Kier molecular flexibility index (Phi) is 6.37. The van der Waals surface area contributed by atoms with Crippen molar-refractivity contribution in [2.24, 2.45) is 10.4 Å². The molecular formula is C21H32N4O2. The lowest BCUT2D eigenvalue weighted by Gasteiger charge is -2.61. The van der Waals surface area contributed by atoms with Crippen LogP contribution in [0.15, 0.2) is 35.3 Å². The van der Waals surface area contributed by atoms with Crippen LogP contribution >= 0.6 is 0 Å². The SMILES string of the molecule is CCOC1CC(NC(=NCc2ccccc2)NCC(=O)N(C)C)C12CCC2. The van der Waals surface area contributed by atoms with E-state index in [1.54, 1.807) is 19.0 Å². The summed E-state index contributed by atoms with van der Waals surface area (Å²) >= 11 is 0. The van der Waals surface area contributed by atoms with Gasteiger partial charge in [0.1, 0.15) is 0 Å². The third-order valence-corrected chi connectivity index (χ3v) is 5.92. The molecule has 1 aromatic carbocycles. The van der Waals surface area contributed by atoms with Gasteiger partial charge in [-0.3, -0.25) is 4.79 Å². The highest BCUT2D eigenvalue weighted by Gasteiger charge is 2.59. The summed E-state index contributed by atoms with van der Waals surface area (Å²) < 4.78 is 5.95. The molecule has 2 atom stereocenters. The van der Waals surface area contributed by atoms with Crippen LogP contribution in [0.25, 0.3) is 0 Å². The largest absolute Gasteiger partial charge is 0.378 e. The van der Waals surface area contributed by atoms with E-state index in [4.69, 9.17) is 9.73 Å². The monoisotopic (exact) mass is 372 g/mol. The molecule has 0 radical (unpaired) electrons. The number of hydrogen-bond donors (Lipinski definition) is 2. The minimum atomic E-state index is 0.0309. The fraction of sp³-hybridized carbons (Fsp3) is 0.619. The Morgan fingerprint density at radius 2 is 2.04 bits per heavy atom. The summed E-state index contributed by atoms with van der Waals surface area (Å²) in [6, 6.07) is 10.5. The molecule has 148 valence electrons. The van der Waals surface area contributed by atoms with E-state index in [-0.39, 0.29) is 17.9 Å². The summed E-state index contributed by atoms with van der Waals surface area (Å²) in [5.74, 6) is 0.739. The van der Waals surface area contributed by atoms with Gasteiger partial charge >= 0.3 is 0 Å². The quantitative estimate of drug-likeness (QED) is 0.569. The summed E-state index contributed by atoms with van der Waals surface area (Å²) in [7, 11) is 3.53. The number of carbonyl (C=O) groups excluding carboxylic acids is 1. The summed E-state index contributed by atoms with van der Waals surface area (Å²) in [4.78, 5) is 18.3. The molecule has 2 N–H and O–H groups in total. The lowest BCUT2D eigenvalue weighted by atomic mass is 9.51. The smallest absolute Gasteiger partial charge is 0.241 e. The third kappa shape index (κ3) is 4.43. The zero-order valence-corrected chi connectivity index (χ0v) is 16.7. The summed E-state index contributed by atoms with van der Waals surface area (Å²) in [5, 5.41) is 6.80. The highest BCUT2D eigenvalue weighted by atomic mass is 16.5. The second-order valence-corrected chi connectivity index (χ2v) is 7.76. The number of rotatable bonds is 7. The number of amides is 1. The number of nitrogens with zero attached hydrogens (tertiary/aromatic N) is 2. The second-order valence-electron chi connectivity index (χ2n) is 7.76. The van der Waals surface area contributed by atoms with Gasteiger partial charge in [0.25, 0.3) is 0 Å². The number of guanidine groups is 1. The standard InChI is InChI=1S/C21H32N4O2/c1-4-27-18-13-17(21(18)11-8-12-21)24-20(23-15-19(26)25(2)3)22-14-16-9-6-5-7-10-16/h5-7,9-10,17-18H,4,8,11-15H2,1-3H3,(H2,22,23,24). The normalized spacial score (nSPS) is 23.3. The summed E-state index contributed by atoms with van der Waals surface area (Å²) in [6.07, 6.45) is 5.04. The molecule has 3 rings (SSSR count). The van der Waals surface area contributed by atoms with Crippen LogP contribution in [0, 0.1) is 5.41 Å². The Morgan fingerprint density at radius 1 is 1.30 bits per heavy atom. The van der Waals surface area contributed by atoms with E-state index in [9.17, 15) is 4.79 Å². The van der Waals surface area contributed by atoms with Gasteiger partial charge in [-0.15, -0.1) is 0 Å². The lowest BCUT2D eigenvalue weighted by Crippen LogP contribution is -2.68. The molecule has 0 saturated heterocycles. The number of aliphatic imine (C=N–C) groups is 1. The van der Waals surface area contributed by atoms with Crippen LogP contribution in [-0.2, 0) is 16.1 Å². The average molecular weight is 373 g/mol. The number of nitrogens with one attached hydrogen (secondary N) is 2. The Bertz CT molecular complexity index is 655. The van der Waals surface area contributed by atoms with Crippen molar-refractivity contribution in [3.05, 3.63) is 35.9 Å². The van der Waals surface area contributed by atoms with Crippen molar-refractivity contribution in [1.82, 2.24) is 15.5 Å². The maximum absolute atomic E-state index is 12.0. The van der Waals surface area contributed by atoms with Gasteiger partial charge in [-0.2, -0.15) is 0 Å². The molecule has 0 aromatic heterocycles. The van der Waals surface area contributed by atoms with Crippen molar-refractivity contribution < 1.29 is 9.53 Å². The molecule has 2 aliphatic carbocycles. The van der Waals surface area contributed by atoms with Gasteiger partial charge in [0.05, 0.1) is 19.2 Å². The van der Waals surface area contributed by atoms with E-state index in [1.165, 1.54) is 19.3 Å². The molecule has 6 nitrogen and oxygen atoms in total. The van der Waals surface area contributed by atoms with E-state index in [0.717, 1.165) is 18.6 Å². The van der Waals surface area contributed by atoms with Crippen LogP contribution < -0.4 is 10.6 Å². The van der Waals surface area contributed by atoms with Gasteiger partial charge in [0.15, 0.2) is 5.96 Å². The molecule has 27 heavy (non-hydrogen) atoms. The van der Waals surface area contributed by atoms with Crippen molar-refractivity contribution >= 4 is 11.9 Å². The predicted octanol–water partition coefficient (Wildman–Crippen LogP) is 2.16. The zero-order valence-electron chi connectivity index (χ0n) is 16.7. The highest BCUT2D eigenvalue weighted by molar-refractivity contribution is 5.86. The second kappa shape index (κ2) is 8.74. The molecule has 2 saturated carbocycles. The van der Waals surface area contributed by atoms with Gasteiger partial charge in [-0.1, -0.05) is 36.8 Å². The fourth-order valence-electron chi connectivity index (χ4n) is 4.03. The van der Waals surface area contributed by atoms with Crippen molar-refractivity contribution in [2.75, 3.05) is 27.2 Å². The molecule has 1 amide bonds. The number of ether oxygens (including phenoxy) is 1. The number of benzene rings is 1. The molecule has 2 unspecified atom stereocenters. The molecule has 1 spiro atoms. The molecule has 1 aromatic rings. The Labute approximate surface area is 162 Å². The first-order valence-corrected chi connectivity index (χ1v) is 9.95. The molecule has 0 heterocycles. The van der Waals surface area contributed by atoms with Crippen LogP contribution in [-0.4, -0.2) is 56.2 Å². The molecular weight excluding hydrogens is 340 g/mol. The van der Waals surface area contributed by atoms with E-state index >= 15 is 0 Å². The van der Waals surface area contributed by atoms with E-state index in [0.29, 0.717) is 24.7 Å². The van der Waals surface area contributed by atoms with Crippen molar-refractivity contribution in [3.63, 3.8) is 0 Å². The minimum absolute atomic E-state index is 0.0309. The summed E-state index contributed by atoms with van der Waals surface area (Å²) in [6.45, 7) is 3.65. The van der Waals surface area contributed by atoms with Crippen LogP contribution in [0.5, 0.6) is 0 Å². The number of hydrogen-bond acceptors (Lipinski definition) is 3. The molecule has 2 fully saturated rings. The van der Waals surface area contributed by atoms with E-state index in [1.807, 2.05) is 18.2 Å². The Hall–Kier alpha value is -2.08. The Morgan fingerprint density at radius 3 is 2.63 bits per heavy atom. The van der Waals surface area contributed by atoms with Crippen LogP contribution in [0.2, 0.25) is 0 Å². The van der Waals surface area contributed by atoms with E-state index < -0.39 is 0 Å². The minimum Gasteiger partial charge on any atom is -0.378 e. The van der Waals surface area contributed by atoms with Crippen molar-refractivity contribution in [1.29, 1.82) is 0 Å². The number of carbonyl (C=O) groups is 1. The van der Waals surface area contributed by atoms with Crippen molar-refractivity contribution in [2.45, 2.75) is 51.3 Å².